The first kappa shape index (κ1) is 16.2. The topological polar surface area (TPSA) is 46.2 Å². The van der Waals surface area contributed by atoms with Gasteiger partial charge >= 0.3 is 0 Å². The summed E-state index contributed by atoms with van der Waals surface area (Å²) in [5, 5.41) is 3.40. The van der Waals surface area contributed by atoms with Crippen molar-refractivity contribution in [3.05, 3.63) is 35.4 Å². The highest BCUT2D eigenvalue weighted by Crippen LogP contribution is 2.23. The molecule has 0 aliphatic carbocycles. The van der Waals surface area contributed by atoms with Gasteiger partial charge in [-0.15, -0.1) is 0 Å². The maximum Gasteiger partial charge on any atom is 0.147 e. The molecule has 0 bridgehead atoms. The van der Waals surface area contributed by atoms with Crippen LogP contribution in [-0.2, 0) is 9.84 Å². The highest BCUT2D eigenvalue weighted by molar-refractivity contribution is 7.90. The molecular formula is C15H25NO2S. The average molecular weight is 283 g/mol. The molecule has 3 nitrogen and oxygen atoms in total. The summed E-state index contributed by atoms with van der Waals surface area (Å²) in [6.45, 7) is 6.03. The van der Waals surface area contributed by atoms with Crippen molar-refractivity contribution >= 4 is 9.84 Å². The number of aryl methyl sites for hydroxylation is 1. The Morgan fingerprint density at radius 1 is 1.26 bits per heavy atom. The maximum absolute atomic E-state index is 11.4. The SMILES string of the molecule is CCCNCC(CCS(C)(=O)=O)c1ccccc1C. The van der Waals surface area contributed by atoms with Crippen molar-refractivity contribution in [1.82, 2.24) is 5.32 Å². The molecule has 0 fully saturated rings. The molecule has 4 heteroatoms. The van der Waals surface area contributed by atoms with E-state index in [1.807, 2.05) is 12.1 Å². The summed E-state index contributed by atoms with van der Waals surface area (Å²) in [6, 6.07) is 8.24. The smallest absolute Gasteiger partial charge is 0.147 e. The van der Waals surface area contributed by atoms with Crippen molar-refractivity contribution in [3.63, 3.8) is 0 Å². The predicted octanol–water partition coefficient (Wildman–Crippen LogP) is 2.51. The van der Waals surface area contributed by atoms with Crippen molar-refractivity contribution in [1.29, 1.82) is 0 Å². The first-order chi connectivity index (χ1) is 8.94. The normalized spacial score (nSPS) is 13.4. The number of rotatable bonds is 8. The second-order valence-electron chi connectivity index (χ2n) is 5.18. The maximum atomic E-state index is 11.4. The lowest BCUT2D eigenvalue weighted by atomic mass is 9.92. The van der Waals surface area contributed by atoms with Gasteiger partial charge in [-0.05, 0) is 43.4 Å². The Balaban J connectivity index is 2.77. The van der Waals surface area contributed by atoms with Gasteiger partial charge in [0, 0.05) is 12.8 Å². The Kier molecular flexibility index (Phi) is 6.52. The van der Waals surface area contributed by atoms with Crippen LogP contribution in [0.15, 0.2) is 24.3 Å². The van der Waals surface area contributed by atoms with Crippen LogP contribution in [0.4, 0.5) is 0 Å². The van der Waals surface area contributed by atoms with Gasteiger partial charge in [-0.3, -0.25) is 0 Å². The van der Waals surface area contributed by atoms with Gasteiger partial charge in [0.25, 0.3) is 0 Å². The van der Waals surface area contributed by atoms with E-state index < -0.39 is 9.84 Å². The van der Waals surface area contributed by atoms with Crippen molar-refractivity contribution in [2.24, 2.45) is 0 Å². The summed E-state index contributed by atoms with van der Waals surface area (Å²) in [4.78, 5) is 0. The Labute approximate surface area is 117 Å². The third-order valence-electron chi connectivity index (χ3n) is 3.28. The molecule has 0 spiro atoms. The summed E-state index contributed by atoms with van der Waals surface area (Å²) in [5.74, 6) is 0.516. The van der Waals surface area contributed by atoms with E-state index in [1.54, 1.807) is 0 Å². The number of hydrogen-bond acceptors (Lipinski definition) is 3. The van der Waals surface area contributed by atoms with Crippen LogP contribution in [0.1, 0.15) is 36.8 Å². The first-order valence-corrected chi connectivity index (χ1v) is 8.94. The number of hydrogen-bond donors (Lipinski definition) is 1. The van der Waals surface area contributed by atoms with Gasteiger partial charge in [0.15, 0.2) is 0 Å². The average Bonchev–Trinajstić information content (AvgIpc) is 2.33. The lowest BCUT2D eigenvalue weighted by molar-refractivity contribution is 0.555. The molecule has 0 radical (unpaired) electrons. The minimum absolute atomic E-state index is 0.250. The largest absolute Gasteiger partial charge is 0.316 e. The molecule has 108 valence electrons. The van der Waals surface area contributed by atoms with Gasteiger partial charge in [-0.1, -0.05) is 31.2 Å². The predicted molar refractivity (Wildman–Crippen MR) is 81.4 cm³/mol. The van der Waals surface area contributed by atoms with Crippen LogP contribution in [0, 0.1) is 6.92 Å². The van der Waals surface area contributed by atoms with E-state index in [2.05, 4.69) is 31.3 Å². The first-order valence-electron chi connectivity index (χ1n) is 6.88. The Morgan fingerprint density at radius 3 is 2.53 bits per heavy atom. The molecule has 0 saturated heterocycles. The fourth-order valence-electron chi connectivity index (χ4n) is 2.22. The zero-order valence-electron chi connectivity index (χ0n) is 12.1. The van der Waals surface area contributed by atoms with Gasteiger partial charge in [0.2, 0.25) is 0 Å². The monoisotopic (exact) mass is 283 g/mol. The zero-order chi connectivity index (χ0) is 14.3. The third-order valence-corrected chi connectivity index (χ3v) is 4.26. The summed E-state index contributed by atoms with van der Waals surface area (Å²) < 4.78 is 22.7. The van der Waals surface area contributed by atoms with Crippen LogP contribution in [-0.4, -0.2) is 33.5 Å². The second-order valence-corrected chi connectivity index (χ2v) is 7.44. The molecule has 1 unspecified atom stereocenters. The van der Waals surface area contributed by atoms with Crippen LogP contribution in [0.2, 0.25) is 0 Å². The van der Waals surface area contributed by atoms with E-state index in [1.165, 1.54) is 17.4 Å². The third kappa shape index (κ3) is 6.21. The molecule has 0 aromatic heterocycles. The van der Waals surface area contributed by atoms with Crippen LogP contribution >= 0.6 is 0 Å². The molecule has 1 aromatic carbocycles. The van der Waals surface area contributed by atoms with Crippen LogP contribution in [0.3, 0.4) is 0 Å². The zero-order valence-corrected chi connectivity index (χ0v) is 13.0. The van der Waals surface area contributed by atoms with Crippen LogP contribution in [0.5, 0.6) is 0 Å². The fraction of sp³-hybridized carbons (Fsp3) is 0.600. The Hall–Kier alpha value is -0.870. The minimum Gasteiger partial charge on any atom is -0.316 e. The molecule has 0 heterocycles. The van der Waals surface area contributed by atoms with Crippen molar-refractivity contribution in [2.75, 3.05) is 25.1 Å². The molecule has 1 rings (SSSR count). The molecule has 19 heavy (non-hydrogen) atoms. The summed E-state index contributed by atoms with van der Waals surface area (Å²) in [7, 11) is -2.90. The Bertz CT molecular complexity index is 483. The number of sulfone groups is 1. The van der Waals surface area contributed by atoms with Gasteiger partial charge in [-0.25, -0.2) is 8.42 Å². The molecule has 0 amide bonds. The fourth-order valence-corrected chi connectivity index (χ4v) is 2.93. The molecule has 0 saturated carbocycles. The lowest BCUT2D eigenvalue weighted by Gasteiger charge is -2.19. The highest BCUT2D eigenvalue weighted by Gasteiger charge is 2.15. The van der Waals surface area contributed by atoms with Gasteiger partial charge in [0.05, 0.1) is 5.75 Å². The van der Waals surface area contributed by atoms with Crippen molar-refractivity contribution in [2.45, 2.75) is 32.6 Å². The standard InChI is InChI=1S/C15H25NO2S/c1-4-10-16-12-14(9-11-19(3,17)18)15-8-6-5-7-13(15)2/h5-8,14,16H,4,9-12H2,1-3H3. The molecule has 1 atom stereocenters. The van der Waals surface area contributed by atoms with Gasteiger partial charge < -0.3 is 5.32 Å². The quantitative estimate of drug-likeness (QED) is 0.746. The molecule has 0 aliphatic heterocycles. The Morgan fingerprint density at radius 2 is 1.95 bits per heavy atom. The van der Waals surface area contributed by atoms with E-state index in [9.17, 15) is 8.42 Å². The molecule has 0 aliphatic rings. The lowest BCUT2D eigenvalue weighted by Crippen LogP contribution is -2.24. The van der Waals surface area contributed by atoms with Crippen molar-refractivity contribution in [3.8, 4) is 0 Å². The summed E-state index contributed by atoms with van der Waals surface area (Å²) in [6.07, 6.45) is 3.08. The molecular weight excluding hydrogens is 258 g/mol. The molecule has 1 N–H and O–H groups in total. The minimum atomic E-state index is -2.90. The number of benzene rings is 1. The second kappa shape index (κ2) is 7.65. The van der Waals surface area contributed by atoms with E-state index >= 15 is 0 Å². The van der Waals surface area contributed by atoms with Gasteiger partial charge in [-0.2, -0.15) is 0 Å². The summed E-state index contributed by atoms with van der Waals surface area (Å²) >= 11 is 0. The van der Waals surface area contributed by atoms with Gasteiger partial charge in [0.1, 0.15) is 9.84 Å². The van der Waals surface area contributed by atoms with E-state index in [0.717, 1.165) is 19.5 Å². The molecule has 1 aromatic rings. The van der Waals surface area contributed by atoms with E-state index in [0.29, 0.717) is 6.42 Å². The van der Waals surface area contributed by atoms with Crippen molar-refractivity contribution < 1.29 is 8.42 Å². The summed E-state index contributed by atoms with van der Waals surface area (Å²) in [5.41, 5.74) is 2.49. The highest BCUT2D eigenvalue weighted by atomic mass is 32.2. The number of nitrogens with one attached hydrogen (secondary N) is 1. The van der Waals surface area contributed by atoms with Crippen LogP contribution in [0.25, 0.3) is 0 Å². The van der Waals surface area contributed by atoms with Crippen LogP contribution < -0.4 is 5.32 Å². The van der Waals surface area contributed by atoms with E-state index in [4.69, 9.17) is 0 Å². The van der Waals surface area contributed by atoms with E-state index in [-0.39, 0.29) is 11.7 Å².